The van der Waals surface area contributed by atoms with E-state index in [9.17, 15) is 0 Å². The molecule has 2 aliphatic rings. The van der Waals surface area contributed by atoms with Crippen molar-refractivity contribution in [3.63, 3.8) is 0 Å². The molecule has 0 bridgehead atoms. The molecule has 0 saturated carbocycles. The zero-order chi connectivity index (χ0) is 26.9. The second kappa shape index (κ2) is 10.4. The van der Waals surface area contributed by atoms with Crippen molar-refractivity contribution < 1.29 is 4.74 Å². The lowest BCUT2D eigenvalue weighted by Crippen LogP contribution is -2.34. The van der Waals surface area contributed by atoms with Gasteiger partial charge < -0.3 is 14.6 Å². The number of nitrogens with one attached hydrogen (secondary N) is 1. The Balaban J connectivity index is 1.18. The van der Waals surface area contributed by atoms with Crippen LogP contribution in [0.4, 0.5) is 5.82 Å². The first-order chi connectivity index (χ1) is 19.0. The topological polar surface area (TPSA) is 66.9 Å². The summed E-state index contributed by atoms with van der Waals surface area (Å²) in [6.07, 6.45) is 12.3. The number of H-pyrrole nitrogens is 1. The van der Waals surface area contributed by atoms with E-state index in [-0.39, 0.29) is 0 Å². The molecule has 1 N–H and O–H groups in total. The van der Waals surface area contributed by atoms with Crippen LogP contribution < -0.4 is 9.64 Å². The second-order valence-corrected chi connectivity index (χ2v) is 10.4. The van der Waals surface area contributed by atoms with Crippen molar-refractivity contribution in [1.29, 1.82) is 0 Å². The molecule has 0 atom stereocenters. The van der Waals surface area contributed by atoms with Gasteiger partial charge in [0, 0.05) is 47.8 Å². The van der Waals surface area contributed by atoms with Crippen LogP contribution in [0.5, 0.6) is 5.75 Å². The number of nitrogens with zero attached hydrogens (tertiary/aromatic N) is 4. The SMILES string of the molecule is C#Cc1ccc(C2=Cc3c(ncnc3N3CCC(c4nc(-c5ccc(C)c(OCC)c5)c(C)[nH]4)CC3)C2)cc1. The first-order valence-electron chi connectivity index (χ1n) is 13.7. The summed E-state index contributed by atoms with van der Waals surface area (Å²) in [6, 6.07) is 14.5. The summed E-state index contributed by atoms with van der Waals surface area (Å²) >= 11 is 0. The summed E-state index contributed by atoms with van der Waals surface area (Å²) in [5.41, 5.74) is 9.91. The number of hydrogen-bond donors (Lipinski definition) is 1. The number of ether oxygens (including phenoxy) is 1. The van der Waals surface area contributed by atoms with Gasteiger partial charge in [0.05, 0.1) is 18.0 Å². The third kappa shape index (κ3) is 4.81. The highest BCUT2D eigenvalue weighted by Gasteiger charge is 2.28. The van der Waals surface area contributed by atoms with Crippen LogP contribution >= 0.6 is 0 Å². The average molecular weight is 516 g/mol. The number of terminal acetylenes is 1. The third-order valence-electron chi connectivity index (χ3n) is 7.89. The Morgan fingerprint density at radius 2 is 1.82 bits per heavy atom. The zero-order valence-electron chi connectivity index (χ0n) is 22.8. The lowest BCUT2D eigenvalue weighted by molar-refractivity contribution is 0.338. The van der Waals surface area contributed by atoms with Crippen molar-refractivity contribution >= 4 is 17.5 Å². The molecule has 3 heterocycles. The molecular weight excluding hydrogens is 482 g/mol. The molecule has 1 fully saturated rings. The third-order valence-corrected chi connectivity index (χ3v) is 7.89. The first kappa shape index (κ1) is 24.9. The number of piperidine rings is 1. The maximum absolute atomic E-state index is 5.82. The van der Waals surface area contributed by atoms with Gasteiger partial charge in [-0.2, -0.15) is 0 Å². The number of fused-ring (bicyclic) bond motifs is 1. The molecule has 2 aromatic carbocycles. The van der Waals surface area contributed by atoms with Gasteiger partial charge in [0.1, 0.15) is 23.7 Å². The van der Waals surface area contributed by atoms with Gasteiger partial charge in [-0.25, -0.2) is 15.0 Å². The Labute approximate surface area is 230 Å². The number of benzene rings is 2. The van der Waals surface area contributed by atoms with E-state index in [1.54, 1.807) is 6.33 Å². The minimum atomic E-state index is 0.390. The van der Waals surface area contributed by atoms with Crippen molar-refractivity contribution in [1.82, 2.24) is 19.9 Å². The van der Waals surface area contributed by atoms with Gasteiger partial charge in [-0.1, -0.05) is 30.2 Å². The first-order valence-corrected chi connectivity index (χ1v) is 13.7. The Morgan fingerprint density at radius 1 is 1.05 bits per heavy atom. The second-order valence-electron chi connectivity index (χ2n) is 10.4. The highest BCUT2D eigenvalue weighted by molar-refractivity contribution is 5.91. The largest absolute Gasteiger partial charge is 0.494 e. The van der Waals surface area contributed by atoms with E-state index < -0.39 is 0 Å². The van der Waals surface area contributed by atoms with Crippen LogP contribution in [0.25, 0.3) is 22.9 Å². The predicted molar refractivity (Wildman–Crippen MR) is 157 cm³/mol. The quantitative estimate of drug-likeness (QED) is 0.303. The van der Waals surface area contributed by atoms with Gasteiger partial charge in [-0.15, -0.1) is 6.42 Å². The molecule has 196 valence electrons. The van der Waals surface area contributed by atoms with Gasteiger partial charge >= 0.3 is 0 Å². The predicted octanol–water partition coefficient (Wildman–Crippen LogP) is 6.34. The normalized spacial score (nSPS) is 15.1. The fourth-order valence-electron chi connectivity index (χ4n) is 5.71. The zero-order valence-corrected chi connectivity index (χ0v) is 22.8. The van der Waals surface area contributed by atoms with Crippen LogP contribution in [0.15, 0.2) is 48.8 Å². The van der Waals surface area contributed by atoms with Crippen LogP contribution in [0.2, 0.25) is 0 Å². The van der Waals surface area contributed by atoms with E-state index >= 15 is 0 Å². The summed E-state index contributed by atoms with van der Waals surface area (Å²) < 4.78 is 5.82. The van der Waals surface area contributed by atoms with Crippen LogP contribution in [0.3, 0.4) is 0 Å². The molecule has 6 heteroatoms. The number of anilines is 1. The number of aryl methyl sites for hydroxylation is 2. The molecule has 4 aromatic rings. The van der Waals surface area contributed by atoms with E-state index in [0.29, 0.717) is 12.5 Å². The summed E-state index contributed by atoms with van der Waals surface area (Å²) in [5, 5.41) is 0. The summed E-state index contributed by atoms with van der Waals surface area (Å²) in [4.78, 5) is 20.4. The molecule has 1 aliphatic heterocycles. The number of allylic oxidation sites excluding steroid dienone is 1. The Hall–Kier alpha value is -4.37. The smallest absolute Gasteiger partial charge is 0.139 e. The minimum absolute atomic E-state index is 0.390. The Kier molecular flexibility index (Phi) is 6.66. The minimum Gasteiger partial charge on any atom is -0.494 e. The van der Waals surface area contributed by atoms with Crippen molar-refractivity contribution in [3.05, 3.63) is 88.3 Å². The van der Waals surface area contributed by atoms with Crippen LogP contribution in [-0.4, -0.2) is 39.6 Å². The molecule has 1 aliphatic carbocycles. The van der Waals surface area contributed by atoms with E-state index in [2.05, 4.69) is 71.0 Å². The van der Waals surface area contributed by atoms with Crippen LogP contribution in [0.1, 0.15) is 65.1 Å². The van der Waals surface area contributed by atoms with Crippen LogP contribution in [-0.2, 0) is 6.42 Å². The molecule has 6 nitrogen and oxygen atoms in total. The lowest BCUT2D eigenvalue weighted by Gasteiger charge is -2.32. The van der Waals surface area contributed by atoms with Crippen molar-refractivity contribution in [2.24, 2.45) is 0 Å². The summed E-state index contributed by atoms with van der Waals surface area (Å²) in [6.45, 7) is 8.71. The highest BCUT2D eigenvalue weighted by atomic mass is 16.5. The number of aromatic amines is 1. The molecule has 0 spiro atoms. The maximum atomic E-state index is 5.82. The molecule has 39 heavy (non-hydrogen) atoms. The number of hydrogen-bond acceptors (Lipinski definition) is 5. The van der Waals surface area contributed by atoms with E-state index in [1.807, 2.05) is 19.1 Å². The molecule has 6 rings (SSSR count). The Bertz CT molecular complexity index is 1580. The molecule has 1 saturated heterocycles. The Morgan fingerprint density at radius 3 is 2.56 bits per heavy atom. The van der Waals surface area contributed by atoms with Crippen molar-refractivity contribution in [2.75, 3.05) is 24.6 Å². The van der Waals surface area contributed by atoms with E-state index in [0.717, 1.165) is 89.1 Å². The number of rotatable bonds is 6. The van der Waals surface area contributed by atoms with Gasteiger partial charge in [-0.05, 0) is 74.6 Å². The molecule has 0 unspecified atom stereocenters. The maximum Gasteiger partial charge on any atom is 0.139 e. The molecule has 2 aromatic heterocycles. The van der Waals surface area contributed by atoms with Gasteiger partial charge in [0.15, 0.2) is 0 Å². The molecule has 0 amide bonds. The fraction of sp³-hybridized carbons (Fsp3) is 0.303. The lowest BCUT2D eigenvalue weighted by atomic mass is 9.96. The highest BCUT2D eigenvalue weighted by Crippen LogP contribution is 2.38. The average Bonchev–Trinajstić information content (AvgIpc) is 3.58. The molecule has 0 radical (unpaired) electrons. The number of imidazole rings is 1. The van der Waals surface area contributed by atoms with Gasteiger partial charge in [0.25, 0.3) is 0 Å². The standard InChI is InChI=1S/C33H33N5O/c1-5-23-8-11-24(12-9-23)27-17-28-29(18-27)34-20-35-33(28)38-15-13-25(14-16-38)32-36-22(4)31(37-32)26-10-7-21(3)30(19-26)39-6-2/h1,7-12,17,19-20,25H,6,13-16,18H2,2-4H3,(H,36,37). The fourth-order valence-corrected chi connectivity index (χ4v) is 5.71. The van der Waals surface area contributed by atoms with E-state index in [1.165, 1.54) is 11.1 Å². The molecular formula is C33H33N5O. The van der Waals surface area contributed by atoms with Gasteiger partial charge in [0.2, 0.25) is 0 Å². The van der Waals surface area contributed by atoms with E-state index in [4.69, 9.17) is 21.1 Å². The van der Waals surface area contributed by atoms with Crippen molar-refractivity contribution in [3.8, 4) is 29.4 Å². The van der Waals surface area contributed by atoms with Crippen LogP contribution in [0, 0.1) is 26.2 Å². The summed E-state index contributed by atoms with van der Waals surface area (Å²) in [5.74, 6) is 6.11. The number of aromatic nitrogens is 4. The monoisotopic (exact) mass is 515 g/mol. The van der Waals surface area contributed by atoms with Gasteiger partial charge in [-0.3, -0.25) is 0 Å². The van der Waals surface area contributed by atoms with Crippen molar-refractivity contribution in [2.45, 2.75) is 46.0 Å². The summed E-state index contributed by atoms with van der Waals surface area (Å²) in [7, 11) is 0.